The maximum atomic E-state index is 11.4. The minimum atomic E-state index is -1.03. The third kappa shape index (κ3) is 4.52. The Kier molecular flexibility index (Phi) is 6.42. The van der Waals surface area contributed by atoms with Crippen molar-refractivity contribution in [2.45, 2.75) is 13.8 Å². The first-order valence-corrected chi connectivity index (χ1v) is 9.59. The van der Waals surface area contributed by atoms with Gasteiger partial charge in [0, 0.05) is 34.7 Å². The molecule has 0 fully saturated rings. The number of pyridine rings is 1. The molecule has 0 unspecified atom stereocenters. The lowest BCUT2D eigenvalue weighted by atomic mass is 10.0. The zero-order valence-electron chi connectivity index (χ0n) is 16.1. The lowest BCUT2D eigenvalue weighted by molar-refractivity contribution is 0.0697. The summed E-state index contributed by atoms with van der Waals surface area (Å²) < 4.78 is 1.77. The van der Waals surface area contributed by atoms with E-state index < -0.39 is 5.97 Å². The van der Waals surface area contributed by atoms with Gasteiger partial charge in [0.2, 0.25) is 0 Å². The lowest BCUT2D eigenvalue weighted by Gasteiger charge is -2.05. The fraction of sp³-hybridized carbons (Fsp3) is 0.0870. The van der Waals surface area contributed by atoms with Crippen molar-refractivity contribution in [2.75, 3.05) is 0 Å². The molecule has 0 aliphatic carbocycles. The van der Waals surface area contributed by atoms with Gasteiger partial charge < -0.3 is 5.11 Å². The van der Waals surface area contributed by atoms with Crippen molar-refractivity contribution in [3.8, 4) is 28.1 Å². The average Bonchev–Trinajstić information content (AvgIpc) is 3.21. The van der Waals surface area contributed by atoms with Crippen LogP contribution >= 0.6 is 11.6 Å². The Morgan fingerprint density at radius 2 is 1.66 bits per heavy atom. The molecule has 0 saturated heterocycles. The number of para-hydroxylation sites is 1. The predicted octanol–water partition coefficient (Wildman–Crippen LogP) is 5.98. The Labute approximate surface area is 174 Å². The maximum absolute atomic E-state index is 11.4. The number of hydrogen-bond acceptors (Lipinski definition) is 3. The molecule has 2 aromatic carbocycles. The van der Waals surface area contributed by atoms with Crippen molar-refractivity contribution in [3.63, 3.8) is 0 Å². The molecular weight excluding hydrogens is 386 g/mol. The van der Waals surface area contributed by atoms with E-state index in [0.29, 0.717) is 10.6 Å². The van der Waals surface area contributed by atoms with Crippen LogP contribution in [0.1, 0.15) is 24.2 Å². The standard InChI is InChI=1S/C21H14ClN3O2.C2H6/c22-17-11-15(10-16(12-17)21(26)27)19-13-25(18-4-2-1-3-5-18)24-20(19)14-6-8-23-9-7-14;1-2/h1-13H,(H,26,27);1-2H3. The van der Waals surface area contributed by atoms with Crippen molar-refractivity contribution in [2.24, 2.45) is 0 Å². The minimum Gasteiger partial charge on any atom is -0.478 e. The number of nitrogens with zero attached hydrogens (tertiary/aromatic N) is 3. The number of rotatable bonds is 4. The molecule has 0 radical (unpaired) electrons. The lowest BCUT2D eigenvalue weighted by Crippen LogP contribution is -1.96. The molecule has 0 spiro atoms. The molecule has 0 amide bonds. The van der Waals surface area contributed by atoms with Crippen molar-refractivity contribution in [1.29, 1.82) is 0 Å². The van der Waals surface area contributed by atoms with Gasteiger partial charge in [-0.05, 0) is 48.0 Å². The van der Waals surface area contributed by atoms with Crippen LogP contribution < -0.4 is 0 Å². The summed E-state index contributed by atoms with van der Waals surface area (Å²) >= 11 is 6.17. The van der Waals surface area contributed by atoms with Crippen LogP contribution in [0.25, 0.3) is 28.1 Å². The first-order chi connectivity index (χ1) is 14.1. The van der Waals surface area contributed by atoms with Crippen LogP contribution in [0.2, 0.25) is 5.02 Å². The third-order valence-electron chi connectivity index (χ3n) is 4.14. The number of benzene rings is 2. The van der Waals surface area contributed by atoms with Crippen molar-refractivity contribution >= 4 is 17.6 Å². The number of hydrogen-bond donors (Lipinski definition) is 1. The molecule has 2 aromatic heterocycles. The van der Waals surface area contributed by atoms with Crippen LogP contribution in [0.15, 0.2) is 79.3 Å². The van der Waals surface area contributed by atoms with E-state index in [9.17, 15) is 9.90 Å². The Morgan fingerprint density at radius 1 is 0.966 bits per heavy atom. The largest absolute Gasteiger partial charge is 0.478 e. The summed E-state index contributed by atoms with van der Waals surface area (Å²) in [6, 6.07) is 18.2. The second-order valence-electron chi connectivity index (χ2n) is 5.94. The Hall–Kier alpha value is -3.44. The quantitative estimate of drug-likeness (QED) is 0.453. The topological polar surface area (TPSA) is 68.0 Å². The SMILES string of the molecule is CC.O=C(O)c1cc(Cl)cc(-c2cn(-c3ccccc3)nc2-c2ccncc2)c1. The summed E-state index contributed by atoms with van der Waals surface area (Å²) in [5.41, 5.74) is 4.11. The zero-order valence-corrected chi connectivity index (χ0v) is 16.8. The van der Waals surface area contributed by atoms with Gasteiger partial charge >= 0.3 is 5.97 Å². The van der Waals surface area contributed by atoms with E-state index in [4.69, 9.17) is 16.7 Å². The molecule has 146 valence electrons. The molecule has 6 heteroatoms. The summed E-state index contributed by atoms with van der Waals surface area (Å²) in [6.45, 7) is 4.00. The van der Waals surface area contributed by atoms with Gasteiger partial charge in [-0.3, -0.25) is 4.98 Å². The fourth-order valence-electron chi connectivity index (χ4n) is 2.89. The van der Waals surface area contributed by atoms with Crippen LogP contribution in [-0.2, 0) is 0 Å². The number of aromatic nitrogens is 3. The molecule has 0 bridgehead atoms. The third-order valence-corrected chi connectivity index (χ3v) is 4.36. The van der Waals surface area contributed by atoms with Crippen molar-refractivity contribution < 1.29 is 9.90 Å². The van der Waals surface area contributed by atoms with Gasteiger partial charge in [-0.2, -0.15) is 5.10 Å². The van der Waals surface area contributed by atoms with E-state index in [1.165, 1.54) is 6.07 Å². The summed E-state index contributed by atoms with van der Waals surface area (Å²) in [7, 11) is 0. The second kappa shape index (κ2) is 9.17. The minimum absolute atomic E-state index is 0.130. The van der Waals surface area contributed by atoms with Crippen molar-refractivity contribution in [1.82, 2.24) is 14.8 Å². The smallest absolute Gasteiger partial charge is 0.335 e. The van der Waals surface area contributed by atoms with E-state index in [1.807, 2.05) is 62.5 Å². The number of carbonyl (C=O) groups is 1. The second-order valence-corrected chi connectivity index (χ2v) is 6.38. The van der Waals surface area contributed by atoms with E-state index in [2.05, 4.69) is 4.98 Å². The van der Waals surface area contributed by atoms with E-state index in [0.717, 1.165) is 22.5 Å². The monoisotopic (exact) mass is 405 g/mol. The molecule has 0 aliphatic rings. The molecule has 4 aromatic rings. The average molecular weight is 406 g/mol. The van der Waals surface area contributed by atoms with E-state index >= 15 is 0 Å². The molecule has 1 N–H and O–H groups in total. The molecule has 5 nitrogen and oxygen atoms in total. The first kappa shape index (κ1) is 20.3. The zero-order chi connectivity index (χ0) is 20.8. The molecule has 0 aliphatic heterocycles. The summed E-state index contributed by atoms with van der Waals surface area (Å²) in [4.78, 5) is 15.5. The van der Waals surface area contributed by atoms with Crippen LogP contribution in [-0.4, -0.2) is 25.8 Å². The molecule has 0 saturated carbocycles. The molecule has 0 atom stereocenters. The van der Waals surface area contributed by atoms with Gasteiger partial charge in [0.25, 0.3) is 0 Å². The van der Waals surface area contributed by atoms with Gasteiger partial charge in [-0.15, -0.1) is 0 Å². The van der Waals surface area contributed by atoms with E-state index in [1.54, 1.807) is 29.2 Å². The highest BCUT2D eigenvalue weighted by Gasteiger charge is 2.16. The van der Waals surface area contributed by atoms with Crippen LogP contribution in [0.3, 0.4) is 0 Å². The Balaban J connectivity index is 0.00000117. The van der Waals surface area contributed by atoms with Crippen LogP contribution in [0.4, 0.5) is 0 Å². The highest BCUT2D eigenvalue weighted by molar-refractivity contribution is 6.31. The Morgan fingerprint density at radius 3 is 2.31 bits per heavy atom. The van der Waals surface area contributed by atoms with Gasteiger partial charge in [0.1, 0.15) is 5.69 Å². The van der Waals surface area contributed by atoms with Crippen LogP contribution in [0, 0.1) is 0 Å². The summed E-state index contributed by atoms with van der Waals surface area (Å²) in [5, 5.41) is 14.5. The molecule has 4 rings (SSSR count). The maximum Gasteiger partial charge on any atom is 0.335 e. The predicted molar refractivity (Wildman–Crippen MR) is 116 cm³/mol. The normalized spacial score (nSPS) is 10.2. The molecular formula is C23H20ClN3O2. The van der Waals surface area contributed by atoms with Gasteiger partial charge in [0.15, 0.2) is 0 Å². The van der Waals surface area contributed by atoms with Gasteiger partial charge in [-0.1, -0.05) is 43.6 Å². The van der Waals surface area contributed by atoms with Crippen LogP contribution in [0.5, 0.6) is 0 Å². The first-order valence-electron chi connectivity index (χ1n) is 9.21. The summed E-state index contributed by atoms with van der Waals surface area (Å²) in [5.74, 6) is -1.03. The number of aromatic carboxylic acids is 1. The number of carboxylic acid groups (broad SMARTS) is 1. The summed E-state index contributed by atoms with van der Waals surface area (Å²) in [6.07, 6.45) is 5.27. The van der Waals surface area contributed by atoms with Crippen molar-refractivity contribution in [3.05, 3.63) is 89.8 Å². The molecule has 29 heavy (non-hydrogen) atoms. The highest BCUT2D eigenvalue weighted by Crippen LogP contribution is 2.34. The molecule has 2 heterocycles. The Bertz CT molecular complexity index is 1110. The van der Waals surface area contributed by atoms with E-state index in [-0.39, 0.29) is 5.56 Å². The number of carboxylic acids is 1. The van der Waals surface area contributed by atoms with Gasteiger partial charge in [0.05, 0.1) is 11.3 Å². The number of halogens is 1. The fourth-order valence-corrected chi connectivity index (χ4v) is 3.12. The highest BCUT2D eigenvalue weighted by atomic mass is 35.5. The van der Waals surface area contributed by atoms with Gasteiger partial charge in [-0.25, -0.2) is 9.48 Å².